The summed E-state index contributed by atoms with van der Waals surface area (Å²) in [5.74, 6) is 1.98. The lowest BCUT2D eigenvalue weighted by atomic mass is 10.2. The zero-order chi connectivity index (χ0) is 19.8. The van der Waals surface area contributed by atoms with Crippen molar-refractivity contribution in [2.75, 3.05) is 23.5 Å². The maximum absolute atomic E-state index is 12.4. The summed E-state index contributed by atoms with van der Waals surface area (Å²) < 4.78 is 5.76. The highest BCUT2D eigenvalue weighted by atomic mass is 32.2. The van der Waals surface area contributed by atoms with E-state index in [0.29, 0.717) is 11.3 Å². The molecular weight excluding hydrogens is 370 g/mol. The molecule has 0 aromatic heterocycles. The molecule has 0 radical (unpaired) electrons. The fourth-order valence-electron chi connectivity index (χ4n) is 2.54. The Kier molecular flexibility index (Phi) is 6.87. The van der Waals surface area contributed by atoms with Crippen molar-refractivity contribution in [2.24, 2.45) is 0 Å². The van der Waals surface area contributed by atoms with Gasteiger partial charge in [0.05, 0.1) is 11.5 Å². The van der Waals surface area contributed by atoms with Crippen LogP contribution in [0.2, 0.25) is 0 Å². The maximum Gasteiger partial charge on any atom is 0.236 e. The molecule has 0 fully saturated rings. The number of para-hydroxylation sites is 1. The monoisotopic (exact) mass is 391 g/mol. The second-order valence-electron chi connectivity index (χ2n) is 6.14. The minimum atomic E-state index is -0.0532. The quantitative estimate of drug-likeness (QED) is 0.504. The molecule has 1 amide bonds. The number of ketones is 1. The molecule has 142 valence electrons. The number of nitrogens with zero attached hydrogens (tertiary/aromatic N) is 1. The lowest BCUT2D eigenvalue weighted by Gasteiger charge is -2.17. The van der Waals surface area contributed by atoms with Crippen molar-refractivity contribution < 1.29 is 14.3 Å². The van der Waals surface area contributed by atoms with Crippen LogP contribution in [0.3, 0.4) is 0 Å². The number of rotatable bonds is 8. The van der Waals surface area contributed by atoms with E-state index in [1.54, 1.807) is 24.1 Å². The SMILES string of the molecule is CN(C(=O)CSCC(=O)c1ccccc1)c1ccc(Oc2ccccc2)cc1. The molecule has 0 N–H and O–H groups in total. The molecular formula is C23H21NO3S. The average Bonchev–Trinajstić information content (AvgIpc) is 2.75. The molecule has 0 unspecified atom stereocenters. The number of ether oxygens (including phenoxy) is 1. The topological polar surface area (TPSA) is 46.6 Å². The van der Waals surface area contributed by atoms with Crippen molar-refractivity contribution in [2.45, 2.75) is 0 Å². The first kappa shape index (κ1) is 19.7. The van der Waals surface area contributed by atoms with E-state index in [1.165, 1.54) is 11.8 Å². The van der Waals surface area contributed by atoms with E-state index >= 15 is 0 Å². The molecule has 0 saturated carbocycles. The van der Waals surface area contributed by atoms with Gasteiger partial charge in [0.2, 0.25) is 5.91 Å². The fourth-order valence-corrected chi connectivity index (χ4v) is 3.36. The van der Waals surface area contributed by atoms with Gasteiger partial charge in [0, 0.05) is 18.3 Å². The normalized spacial score (nSPS) is 10.3. The third-order valence-electron chi connectivity index (χ3n) is 4.13. The first-order valence-electron chi connectivity index (χ1n) is 8.89. The summed E-state index contributed by atoms with van der Waals surface area (Å²) in [5, 5.41) is 0. The lowest BCUT2D eigenvalue weighted by Crippen LogP contribution is -2.28. The van der Waals surface area contributed by atoms with Gasteiger partial charge in [-0.1, -0.05) is 48.5 Å². The first-order chi connectivity index (χ1) is 13.6. The van der Waals surface area contributed by atoms with Crippen LogP contribution in [0, 0.1) is 0 Å². The van der Waals surface area contributed by atoms with Crippen LogP contribution in [-0.2, 0) is 4.79 Å². The van der Waals surface area contributed by atoms with Crippen LogP contribution < -0.4 is 9.64 Å². The number of amides is 1. The summed E-state index contributed by atoms with van der Waals surface area (Å²) in [4.78, 5) is 26.1. The molecule has 0 aliphatic carbocycles. The predicted molar refractivity (Wildman–Crippen MR) is 114 cm³/mol. The molecule has 0 spiro atoms. The summed E-state index contributed by atoms with van der Waals surface area (Å²) >= 11 is 1.33. The molecule has 5 heteroatoms. The minimum absolute atomic E-state index is 0.0310. The van der Waals surface area contributed by atoms with Gasteiger partial charge in [0.25, 0.3) is 0 Å². The van der Waals surface area contributed by atoms with Crippen molar-refractivity contribution in [1.82, 2.24) is 0 Å². The summed E-state index contributed by atoms with van der Waals surface area (Å²) in [7, 11) is 1.73. The average molecular weight is 391 g/mol. The Morgan fingerprint density at radius 1 is 0.786 bits per heavy atom. The number of anilines is 1. The Morgan fingerprint density at radius 3 is 2.00 bits per heavy atom. The Labute approximate surface area is 169 Å². The predicted octanol–water partition coefficient (Wildman–Crippen LogP) is 5.06. The smallest absolute Gasteiger partial charge is 0.236 e. The summed E-state index contributed by atoms with van der Waals surface area (Å²) in [6.45, 7) is 0. The summed E-state index contributed by atoms with van der Waals surface area (Å²) in [6.07, 6.45) is 0. The molecule has 3 rings (SSSR count). The van der Waals surface area contributed by atoms with Crippen LogP contribution in [0.5, 0.6) is 11.5 Å². The standard InChI is InChI=1S/C23H21NO3S/c1-24(23(26)17-28-16-22(25)18-8-4-2-5-9-18)19-12-14-21(15-13-19)27-20-10-6-3-7-11-20/h2-15H,16-17H2,1H3. The molecule has 3 aromatic rings. The molecule has 3 aromatic carbocycles. The van der Waals surface area contributed by atoms with Gasteiger partial charge in [0.15, 0.2) is 5.78 Å². The van der Waals surface area contributed by atoms with Crippen molar-refractivity contribution in [3.05, 3.63) is 90.5 Å². The van der Waals surface area contributed by atoms with Crippen LogP contribution in [0.25, 0.3) is 0 Å². The van der Waals surface area contributed by atoms with Gasteiger partial charge in [-0.05, 0) is 36.4 Å². The van der Waals surface area contributed by atoms with Crippen LogP contribution in [0.15, 0.2) is 84.9 Å². The van der Waals surface area contributed by atoms with Crippen molar-refractivity contribution >= 4 is 29.1 Å². The van der Waals surface area contributed by atoms with Gasteiger partial charge in [-0.2, -0.15) is 0 Å². The molecule has 4 nitrogen and oxygen atoms in total. The highest BCUT2D eigenvalue weighted by Gasteiger charge is 2.13. The number of hydrogen-bond acceptors (Lipinski definition) is 4. The van der Waals surface area contributed by atoms with Crippen LogP contribution in [0.4, 0.5) is 5.69 Å². The van der Waals surface area contributed by atoms with Gasteiger partial charge in [0.1, 0.15) is 11.5 Å². The van der Waals surface area contributed by atoms with E-state index in [9.17, 15) is 9.59 Å². The second kappa shape index (κ2) is 9.76. The van der Waals surface area contributed by atoms with Gasteiger partial charge < -0.3 is 9.64 Å². The van der Waals surface area contributed by atoms with Gasteiger partial charge >= 0.3 is 0 Å². The number of hydrogen-bond donors (Lipinski definition) is 0. The Morgan fingerprint density at radius 2 is 1.36 bits per heavy atom. The molecule has 0 aliphatic rings. The number of carbonyl (C=O) groups is 2. The van der Waals surface area contributed by atoms with Crippen LogP contribution in [0.1, 0.15) is 10.4 Å². The lowest BCUT2D eigenvalue weighted by molar-refractivity contribution is -0.115. The zero-order valence-corrected chi connectivity index (χ0v) is 16.4. The maximum atomic E-state index is 12.4. The summed E-state index contributed by atoms with van der Waals surface area (Å²) in [6, 6.07) is 26.0. The van der Waals surface area contributed by atoms with Crippen LogP contribution >= 0.6 is 11.8 Å². The first-order valence-corrected chi connectivity index (χ1v) is 10.0. The largest absolute Gasteiger partial charge is 0.457 e. The number of thioether (sulfide) groups is 1. The Bertz CT molecular complexity index is 912. The molecule has 0 aliphatic heterocycles. The molecule has 28 heavy (non-hydrogen) atoms. The van der Waals surface area contributed by atoms with E-state index in [1.807, 2.05) is 72.8 Å². The third kappa shape index (κ3) is 5.47. The van der Waals surface area contributed by atoms with E-state index in [4.69, 9.17) is 4.74 Å². The van der Waals surface area contributed by atoms with E-state index in [2.05, 4.69) is 0 Å². The van der Waals surface area contributed by atoms with E-state index in [-0.39, 0.29) is 23.2 Å². The highest BCUT2D eigenvalue weighted by molar-refractivity contribution is 8.00. The molecule has 0 heterocycles. The van der Waals surface area contributed by atoms with Crippen molar-refractivity contribution in [3.63, 3.8) is 0 Å². The van der Waals surface area contributed by atoms with Crippen molar-refractivity contribution in [1.29, 1.82) is 0 Å². The molecule has 0 saturated heterocycles. The molecule has 0 bridgehead atoms. The molecule has 0 atom stereocenters. The minimum Gasteiger partial charge on any atom is -0.457 e. The van der Waals surface area contributed by atoms with Crippen molar-refractivity contribution in [3.8, 4) is 11.5 Å². The highest BCUT2D eigenvalue weighted by Crippen LogP contribution is 2.24. The zero-order valence-electron chi connectivity index (χ0n) is 15.6. The van der Waals surface area contributed by atoms with Gasteiger partial charge in [-0.25, -0.2) is 0 Å². The van der Waals surface area contributed by atoms with Gasteiger partial charge in [-0.3, -0.25) is 9.59 Å². The second-order valence-corrected chi connectivity index (χ2v) is 7.13. The number of benzene rings is 3. The van der Waals surface area contributed by atoms with Crippen LogP contribution in [-0.4, -0.2) is 30.2 Å². The Hall–Kier alpha value is -3.05. The van der Waals surface area contributed by atoms with E-state index in [0.717, 1.165) is 11.4 Å². The van der Waals surface area contributed by atoms with E-state index < -0.39 is 0 Å². The number of Topliss-reactive ketones (excluding diaryl/α,β-unsaturated/α-hetero) is 1. The number of carbonyl (C=O) groups excluding carboxylic acids is 2. The third-order valence-corrected chi connectivity index (χ3v) is 5.05. The Balaban J connectivity index is 1.49. The van der Waals surface area contributed by atoms with Gasteiger partial charge in [-0.15, -0.1) is 11.8 Å². The summed E-state index contributed by atoms with van der Waals surface area (Å²) in [5.41, 5.74) is 1.45. The fraction of sp³-hybridized carbons (Fsp3) is 0.130.